The summed E-state index contributed by atoms with van der Waals surface area (Å²) < 4.78 is 15.0. The van der Waals surface area contributed by atoms with Crippen LogP contribution in [0.3, 0.4) is 0 Å². The molecule has 1 unspecified atom stereocenters. The van der Waals surface area contributed by atoms with E-state index in [1.807, 2.05) is 0 Å². The van der Waals surface area contributed by atoms with Gasteiger partial charge in [-0.15, -0.1) is 0 Å². The number of benzene rings is 1. The van der Waals surface area contributed by atoms with Gasteiger partial charge in [0.15, 0.2) is 0 Å². The molecule has 2 aliphatic rings. The first-order valence-corrected chi connectivity index (χ1v) is 9.59. The number of piperazine rings is 1. The van der Waals surface area contributed by atoms with Crippen molar-refractivity contribution in [3.63, 3.8) is 0 Å². The van der Waals surface area contributed by atoms with Crippen molar-refractivity contribution >= 4 is 17.7 Å². The zero-order valence-electron chi connectivity index (χ0n) is 15.9. The third-order valence-electron chi connectivity index (χ3n) is 5.37. The predicted molar refractivity (Wildman–Crippen MR) is 101 cm³/mol. The minimum Gasteiger partial charge on any atom is -0.339 e. The lowest BCUT2D eigenvalue weighted by Crippen LogP contribution is -2.59. The van der Waals surface area contributed by atoms with Crippen LogP contribution in [0.2, 0.25) is 0 Å². The molecule has 3 heterocycles. The van der Waals surface area contributed by atoms with Crippen molar-refractivity contribution in [1.82, 2.24) is 24.5 Å². The van der Waals surface area contributed by atoms with Crippen LogP contribution in [0.4, 0.5) is 4.39 Å². The van der Waals surface area contributed by atoms with Crippen LogP contribution < -0.4 is 0 Å². The van der Waals surface area contributed by atoms with E-state index in [0.717, 1.165) is 0 Å². The molecular weight excluding hydrogens is 377 g/mol. The Morgan fingerprint density at radius 1 is 1.17 bits per heavy atom. The van der Waals surface area contributed by atoms with Gasteiger partial charge in [0.05, 0.1) is 0 Å². The maximum Gasteiger partial charge on any atom is 0.246 e. The number of fused-ring (bicyclic) bond motifs is 1. The fourth-order valence-corrected chi connectivity index (χ4v) is 3.90. The Morgan fingerprint density at radius 2 is 2.03 bits per heavy atom. The quantitative estimate of drug-likeness (QED) is 0.750. The summed E-state index contributed by atoms with van der Waals surface area (Å²) in [5.74, 6) is -0.770. The number of hydrogen-bond donors (Lipinski definition) is 0. The van der Waals surface area contributed by atoms with Crippen molar-refractivity contribution < 1.29 is 18.8 Å². The van der Waals surface area contributed by atoms with Crippen LogP contribution in [0.5, 0.6) is 0 Å². The minimum atomic E-state index is -0.590. The largest absolute Gasteiger partial charge is 0.339 e. The van der Waals surface area contributed by atoms with Gasteiger partial charge < -0.3 is 14.7 Å². The Hall–Kier alpha value is -3.23. The van der Waals surface area contributed by atoms with Crippen LogP contribution >= 0.6 is 0 Å². The van der Waals surface area contributed by atoms with E-state index in [9.17, 15) is 18.8 Å². The van der Waals surface area contributed by atoms with E-state index in [1.165, 1.54) is 17.0 Å². The molecule has 1 aromatic carbocycles. The highest BCUT2D eigenvalue weighted by Gasteiger charge is 2.41. The van der Waals surface area contributed by atoms with Crippen molar-refractivity contribution in [3.05, 3.63) is 54.1 Å². The van der Waals surface area contributed by atoms with Gasteiger partial charge in [-0.3, -0.25) is 19.1 Å². The van der Waals surface area contributed by atoms with Crippen LogP contribution in [0.1, 0.15) is 12.0 Å². The monoisotopic (exact) mass is 399 g/mol. The summed E-state index contributed by atoms with van der Waals surface area (Å²) in [6, 6.07) is 7.19. The van der Waals surface area contributed by atoms with E-state index in [1.54, 1.807) is 45.1 Å². The second-order valence-corrected chi connectivity index (χ2v) is 7.30. The molecule has 0 N–H and O–H groups in total. The predicted octanol–water partition coefficient (Wildman–Crippen LogP) is 0.494. The summed E-state index contributed by atoms with van der Waals surface area (Å²) in [6.07, 6.45) is 3.71. The van der Waals surface area contributed by atoms with E-state index < -0.39 is 6.04 Å². The summed E-state index contributed by atoms with van der Waals surface area (Å²) in [7, 11) is 0. The first kappa shape index (κ1) is 19.1. The summed E-state index contributed by atoms with van der Waals surface area (Å²) >= 11 is 0. The molecule has 4 rings (SSSR count). The molecule has 0 aliphatic carbocycles. The lowest BCUT2D eigenvalue weighted by atomic mass is 10.1. The Morgan fingerprint density at radius 3 is 2.79 bits per heavy atom. The minimum absolute atomic E-state index is 0.0346. The molecule has 1 atom stereocenters. The standard InChI is InChI=1S/C20H22FN5O3/c21-16-4-1-3-15(11-16)12-24-13-19(28)26-10-9-23(8-5-17(26)20(24)29)18(27)14-25-7-2-6-22-25/h1-4,6-7,11,17H,5,8-10,12-14H2. The molecule has 29 heavy (non-hydrogen) atoms. The van der Waals surface area contributed by atoms with E-state index in [4.69, 9.17) is 0 Å². The highest BCUT2D eigenvalue weighted by Crippen LogP contribution is 2.21. The topological polar surface area (TPSA) is 78.8 Å². The second-order valence-electron chi connectivity index (χ2n) is 7.30. The Kier molecular flexibility index (Phi) is 5.28. The van der Waals surface area contributed by atoms with Crippen molar-refractivity contribution in [1.29, 1.82) is 0 Å². The van der Waals surface area contributed by atoms with Gasteiger partial charge in [0.1, 0.15) is 24.9 Å². The van der Waals surface area contributed by atoms with Crippen LogP contribution in [0.25, 0.3) is 0 Å². The highest BCUT2D eigenvalue weighted by atomic mass is 19.1. The summed E-state index contributed by atoms with van der Waals surface area (Å²) in [5, 5.41) is 4.04. The van der Waals surface area contributed by atoms with Gasteiger partial charge in [0, 0.05) is 38.6 Å². The van der Waals surface area contributed by atoms with Crippen LogP contribution in [-0.2, 0) is 27.5 Å². The molecule has 2 saturated heterocycles. The van der Waals surface area contributed by atoms with Gasteiger partial charge in [-0.1, -0.05) is 12.1 Å². The molecule has 0 bridgehead atoms. The van der Waals surface area contributed by atoms with Crippen molar-refractivity contribution in [2.24, 2.45) is 0 Å². The molecule has 0 radical (unpaired) electrons. The van der Waals surface area contributed by atoms with Crippen LogP contribution in [0.15, 0.2) is 42.7 Å². The van der Waals surface area contributed by atoms with Crippen molar-refractivity contribution in [2.75, 3.05) is 26.2 Å². The normalized spacial score (nSPS) is 19.9. The summed E-state index contributed by atoms with van der Waals surface area (Å²) in [6.45, 7) is 1.40. The number of halogens is 1. The molecule has 1 aromatic heterocycles. The SMILES string of the molecule is O=C(Cn1cccn1)N1CCC2C(=O)N(Cc3cccc(F)c3)CC(=O)N2CC1. The third-order valence-corrected chi connectivity index (χ3v) is 5.37. The van der Waals surface area contributed by atoms with E-state index in [0.29, 0.717) is 31.6 Å². The average Bonchev–Trinajstić information content (AvgIpc) is 3.08. The van der Waals surface area contributed by atoms with Gasteiger partial charge in [0.2, 0.25) is 17.7 Å². The average molecular weight is 399 g/mol. The molecule has 8 nitrogen and oxygen atoms in total. The lowest BCUT2D eigenvalue weighted by molar-refractivity contribution is -0.156. The Bertz CT molecular complexity index is 917. The zero-order chi connectivity index (χ0) is 20.4. The summed E-state index contributed by atoms with van der Waals surface area (Å²) in [5.41, 5.74) is 0.643. The van der Waals surface area contributed by atoms with Gasteiger partial charge in [-0.05, 0) is 30.2 Å². The van der Waals surface area contributed by atoms with Crippen molar-refractivity contribution in [3.8, 4) is 0 Å². The summed E-state index contributed by atoms with van der Waals surface area (Å²) in [4.78, 5) is 42.9. The maximum atomic E-state index is 13.4. The van der Waals surface area contributed by atoms with Gasteiger partial charge >= 0.3 is 0 Å². The number of carbonyl (C=O) groups is 3. The van der Waals surface area contributed by atoms with Crippen LogP contribution in [0, 0.1) is 5.82 Å². The highest BCUT2D eigenvalue weighted by molar-refractivity contribution is 5.95. The molecule has 3 amide bonds. The number of nitrogens with zero attached hydrogens (tertiary/aromatic N) is 5. The number of aromatic nitrogens is 2. The molecule has 2 fully saturated rings. The molecule has 0 saturated carbocycles. The maximum absolute atomic E-state index is 13.4. The number of amides is 3. The van der Waals surface area contributed by atoms with Crippen LogP contribution in [-0.4, -0.2) is 74.4 Å². The molecule has 2 aliphatic heterocycles. The fraction of sp³-hybridized carbons (Fsp3) is 0.400. The number of carbonyl (C=O) groups excluding carboxylic acids is 3. The van der Waals surface area contributed by atoms with Crippen molar-refractivity contribution in [2.45, 2.75) is 25.6 Å². The van der Waals surface area contributed by atoms with Gasteiger partial charge in [-0.25, -0.2) is 4.39 Å². The second kappa shape index (κ2) is 8.02. The number of rotatable bonds is 4. The van der Waals surface area contributed by atoms with Gasteiger partial charge in [-0.2, -0.15) is 5.10 Å². The fourth-order valence-electron chi connectivity index (χ4n) is 3.90. The molecule has 152 valence electrons. The third kappa shape index (κ3) is 4.13. The van der Waals surface area contributed by atoms with E-state index >= 15 is 0 Å². The van der Waals surface area contributed by atoms with E-state index in [2.05, 4.69) is 5.10 Å². The molecule has 0 spiro atoms. The molecule has 2 aromatic rings. The first-order valence-electron chi connectivity index (χ1n) is 9.59. The zero-order valence-corrected chi connectivity index (χ0v) is 15.9. The molecular formula is C20H22FN5O3. The lowest BCUT2D eigenvalue weighted by Gasteiger charge is -2.39. The molecule has 9 heteroatoms. The van der Waals surface area contributed by atoms with Gasteiger partial charge in [0.25, 0.3) is 0 Å². The smallest absolute Gasteiger partial charge is 0.246 e. The Labute approximate surface area is 167 Å². The first-order chi connectivity index (χ1) is 14.0. The Balaban J connectivity index is 1.43. The number of hydrogen-bond acceptors (Lipinski definition) is 4. The van der Waals surface area contributed by atoms with E-state index in [-0.39, 0.29) is 43.2 Å².